The molecule has 82 valence electrons. The topological polar surface area (TPSA) is 35.0 Å². The molecule has 0 radical (unpaired) electrons. The molecular formula is C12H11ClN2O. The van der Waals surface area contributed by atoms with Crippen LogP contribution in [0.4, 0.5) is 0 Å². The molecule has 0 saturated heterocycles. The summed E-state index contributed by atoms with van der Waals surface area (Å²) in [4.78, 5) is 8.59. The summed E-state index contributed by atoms with van der Waals surface area (Å²) in [7, 11) is 1.57. The van der Waals surface area contributed by atoms with Crippen molar-refractivity contribution in [2.24, 2.45) is 0 Å². The van der Waals surface area contributed by atoms with Crippen molar-refractivity contribution in [3.05, 3.63) is 41.0 Å². The van der Waals surface area contributed by atoms with Crippen LogP contribution in [0.2, 0.25) is 5.02 Å². The number of rotatable bonds is 2. The van der Waals surface area contributed by atoms with Crippen molar-refractivity contribution in [2.75, 3.05) is 7.11 Å². The Labute approximate surface area is 99.1 Å². The van der Waals surface area contributed by atoms with Crippen molar-refractivity contribution in [2.45, 2.75) is 6.92 Å². The number of pyridine rings is 2. The zero-order chi connectivity index (χ0) is 11.5. The van der Waals surface area contributed by atoms with Gasteiger partial charge in [-0.05, 0) is 24.6 Å². The number of nitrogens with zero attached hydrogens (tertiary/aromatic N) is 2. The lowest BCUT2D eigenvalue weighted by molar-refractivity contribution is 0.398. The first kappa shape index (κ1) is 10.9. The van der Waals surface area contributed by atoms with Crippen molar-refractivity contribution in [3.8, 4) is 17.3 Å². The predicted molar refractivity (Wildman–Crippen MR) is 63.8 cm³/mol. The van der Waals surface area contributed by atoms with E-state index in [1.165, 1.54) is 0 Å². The van der Waals surface area contributed by atoms with Crippen molar-refractivity contribution in [1.82, 2.24) is 9.97 Å². The average molecular weight is 235 g/mol. The zero-order valence-corrected chi connectivity index (χ0v) is 9.82. The van der Waals surface area contributed by atoms with E-state index < -0.39 is 0 Å². The second-order valence-corrected chi connectivity index (χ2v) is 3.76. The lowest BCUT2D eigenvalue weighted by Crippen LogP contribution is -1.94. The summed E-state index contributed by atoms with van der Waals surface area (Å²) in [5.41, 5.74) is 2.47. The van der Waals surface area contributed by atoms with Gasteiger partial charge in [-0.1, -0.05) is 17.7 Å². The highest BCUT2D eigenvalue weighted by Gasteiger charge is 2.10. The number of halogens is 1. The number of methoxy groups -OCH3 is 1. The van der Waals surface area contributed by atoms with Gasteiger partial charge in [0.15, 0.2) is 0 Å². The summed E-state index contributed by atoms with van der Waals surface area (Å²) < 4.78 is 5.07. The van der Waals surface area contributed by atoms with Crippen LogP contribution >= 0.6 is 11.6 Å². The lowest BCUT2D eigenvalue weighted by Gasteiger charge is -2.07. The highest BCUT2D eigenvalue weighted by Crippen LogP contribution is 2.28. The van der Waals surface area contributed by atoms with E-state index in [4.69, 9.17) is 16.3 Å². The average Bonchev–Trinajstić information content (AvgIpc) is 2.31. The fourth-order valence-electron chi connectivity index (χ4n) is 1.44. The Morgan fingerprint density at radius 2 is 2.00 bits per heavy atom. The molecule has 0 aliphatic carbocycles. The van der Waals surface area contributed by atoms with Gasteiger partial charge in [0, 0.05) is 12.3 Å². The quantitative estimate of drug-likeness (QED) is 0.801. The molecule has 0 aliphatic heterocycles. The molecular weight excluding hydrogens is 224 g/mol. The summed E-state index contributed by atoms with van der Waals surface area (Å²) in [6.45, 7) is 1.97. The van der Waals surface area contributed by atoms with Crippen molar-refractivity contribution in [3.63, 3.8) is 0 Å². The number of ether oxygens (including phenoxy) is 1. The van der Waals surface area contributed by atoms with E-state index in [0.717, 1.165) is 11.3 Å². The van der Waals surface area contributed by atoms with Crippen LogP contribution in [-0.2, 0) is 0 Å². The molecule has 0 spiro atoms. The second-order valence-electron chi connectivity index (χ2n) is 3.35. The monoisotopic (exact) mass is 234 g/mol. The third kappa shape index (κ3) is 1.99. The maximum atomic E-state index is 6.10. The van der Waals surface area contributed by atoms with E-state index in [1.54, 1.807) is 25.4 Å². The van der Waals surface area contributed by atoms with Crippen LogP contribution in [0.5, 0.6) is 5.88 Å². The normalized spacial score (nSPS) is 10.2. The second kappa shape index (κ2) is 4.49. The molecule has 0 atom stereocenters. The molecule has 0 saturated carbocycles. The third-order valence-electron chi connectivity index (χ3n) is 2.26. The number of hydrogen-bond donors (Lipinski definition) is 0. The van der Waals surface area contributed by atoms with Gasteiger partial charge in [0.25, 0.3) is 0 Å². The van der Waals surface area contributed by atoms with Gasteiger partial charge in [-0.15, -0.1) is 0 Å². The Balaban J connectivity index is 2.59. The molecule has 2 heterocycles. The molecule has 2 aromatic heterocycles. The molecule has 0 N–H and O–H groups in total. The highest BCUT2D eigenvalue weighted by atomic mass is 35.5. The molecule has 0 fully saturated rings. The number of hydrogen-bond acceptors (Lipinski definition) is 3. The van der Waals surface area contributed by atoms with Crippen LogP contribution in [0.1, 0.15) is 5.56 Å². The van der Waals surface area contributed by atoms with Gasteiger partial charge in [0.05, 0.1) is 17.8 Å². The van der Waals surface area contributed by atoms with Crippen LogP contribution in [0, 0.1) is 6.92 Å². The van der Waals surface area contributed by atoms with Crippen molar-refractivity contribution in [1.29, 1.82) is 0 Å². The first-order valence-electron chi connectivity index (χ1n) is 4.85. The molecule has 0 aliphatic rings. The Morgan fingerprint density at radius 3 is 2.69 bits per heavy atom. The third-order valence-corrected chi connectivity index (χ3v) is 2.57. The van der Waals surface area contributed by atoms with Crippen LogP contribution in [0.3, 0.4) is 0 Å². The summed E-state index contributed by atoms with van der Waals surface area (Å²) in [6, 6.07) is 7.34. The number of aryl methyl sites for hydroxylation is 1. The predicted octanol–water partition coefficient (Wildman–Crippen LogP) is 3.11. The fraction of sp³-hybridized carbons (Fsp3) is 0.167. The molecule has 3 nitrogen and oxygen atoms in total. The Kier molecular flexibility index (Phi) is 3.06. The summed E-state index contributed by atoms with van der Waals surface area (Å²) in [6.07, 6.45) is 1.72. The van der Waals surface area contributed by atoms with Crippen LogP contribution in [0.15, 0.2) is 30.5 Å². The molecule has 2 aromatic rings. The van der Waals surface area contributed by atoms with Gasteiger partial charge < -0.3 is 4.74 Å². The van der Waals surface area contributed by atoms with Gasteiger partial charge in [-0.2, -0.15) is 0 Å². The molecule has 2 rings (SSSR count). The minimum Gasteiger partial charge on any atom is -0.481 e. The van der Waals surface area contributed by atoms with E-state index in [-0.39, 0.29) is 0 Å². The summed E-state index contributed by atoms with van der Waals surface area (Å²) in [5.74, 6) is 0.532. The Hall–Kier alpha value is -1.61. The lowest BCUT2D eigenvalue weighted by atomic mass is 10.1. The van der Waals surface area contributed by atoms with Gasteiger partial charge in [-0.25, -0.2) is 4.98 Å². The van der Waals surface area contributed by atoms with E-state index in [1.807, 2.05) is 19.1 Å². The van der Waals surface area contributed by atoms with Gasteiger partial charge in [0.2, 0.25) is 5.88 Å². The summed E-state index contributed by atoms with van der Waals surface area (Å²) in [5, 5.41) is 0.572. The van der Waals surface area contributed by atoms with Gasteiger partial charge in [0.1, 0.15) is 5.69 Å². The van der Waals surface area contributed by atoms with Crippen LogP contribution in [0.25, 0.3) is 11.4 Å². The van der Waals surface area contributed by atoms with Crippen molar-refractivity contribution < 1.29 is 4.74 Å². The molecule has 0 unspecified atom stereocenters. The summed E-state index contributed by atoms with van der Waals surface area (Å²) >= 11 is 6.10. The standard InChI is InChI=1S/C12H11ClN2O/c1-8-4-3-7-14-11(8)12-9(13)5-6-10(15-12)16-2/h3-7H,1-2H3. The van der Waals surface area contributed by atoms with E-state index in [0.29, 0.717) is 16.6 Å². The maximum Gasteiger partial charge on any atom is 0.213 e. The Morgan fingerprint density at radius 1 is 1.19 bits per heavy atom. The first-order chi connectivity index (χ1) is 7.72. The van der Waals surface area contributed by atoms with Crippen LogP contribution in [-0.4, -0.2) is 17.1 Å². The van der Waals surface area contributed by atoms with Crippen LogP contribution < -0.4 is 4.74 Å². The first-order valence-corrected chi connectivity index (χ1v) is 5.22. The smallest absolute Gasteiger partial charge is 0.213 e. The minimum atomic E-state index is 0.532. The Bertz CT molecular complexity index is 514. The molecule has 4 heteroatoms. The molecule has 0 bridgehead atoms. The largest absolute Gasteiger partial charge is 0.481 e. The minimum absolute atomic E-state index is 0.532. The maximum absolute atomic E-state index is 6.10. The molecule has 16 heavy (non-hydrogen) atoms. The van der Waals surface area contributed by atoms with E-state index in [2.05, 4.69) is 9.97 Å². The fourth-order valence-corrected chi connectivity index (χ4v) is 1.63. The highest BCUT2D eigenvalue weighted by molar-refractivity contribution is 6.33. The SMILES string of the molecule is COc1ccc(Cl)c(-c2ncccc2C)n1. The van der Waals surface area contributed by atoms with E-state index >= 15 is 0 Å². The molecule has 0 amide bonds. The van der Waals surface area contributed by atoms with E-state index in [9.17, 15) is 0 Å². The molecule has 0 aromatic carbocycles. The van der Waals surface area contributed by atoms with Gasteiger partial charge in [-0.3, -0.25) is 4.98 Å². The zero-order valence-electron chi connectivity index (χ0n) is 9.07. The van der Waals surface area contributed by atoms with Gasteiger partial charge >= 0.3 is 0 Å². The number of aromatic nitrogens is 2. The van der Waals surface area contributed by atoms with Crippen molar-refractivity contribution >= 4 is 11.6 Å².